The summed E-state index contributed by atoms with van der Waals surface area (Å²) in [6.45, 7) is 0. The summed E-state index contributed by atoms with van der Waals surface area (Å²) in [5.41, 5.74) is 13.7. The van der Waals surface area contributed by atoms with Crippen LogP contribution in [-0.2, 0) is 0 Å². The molecule has 51 heavy (non-hydrogen) atoms. The number of aromatic amines is 1. The number of para-hydroxylation sites is 5. The van der Waals surface area contributed by atoms with Crippen molar-refractivity contribution in [3.05, 3.63) is 206 Å². The van der Waals surface area contributed by atoms with Crippen LogP contribution in [0.5, 0.6) is 0 Å². The minimum Gasteiger partial charge on any atom is -0.354 e. The van der Waals surface area contributed by atoms with E-state index >= 15 is 0 Å². The Labute approximate surface area is 298 Å². The molecule has 8 aromatic carbocycles. The van der Waals surface area contributed by atoms with Gasteiger partial charge < -0.3 is 14.8 Å². The zero-order chi connectivity index (χ0) is 34.0. The molecule has 1 aromatic heterocycles. The van der Waals surface area contributed by atoms with Gasteiger partial charge in [-0.25, -0.2) is 0 Å². The molecule has 0 fully saturated rings. The Morgan fingerprint density at radius 3 is 1.16 bits per heavy atom. The standard InChI is InChI=1S/C48H35N3/c1-5-15-38(16-6-1)50(39-17-7-2-8-18-39)42-29-25-35(26-30-42)37-33-45(48-46(34-37)44-23-13-14-24-47(44)49-48)36-27-31-43(32-28-36)51(40-19-9-3-10-20-40)41-21-11-4-12-22-41/h1-34,49H. The molecule has 3 nitrogen and oxygen atoms in total. The maximum atomic E-state index is 3.76. The van der Waals surface area contributed by atoms with E-state index in [1.54, 1.807) is 0 Å². The summed E-state index contributed by atoms with van der Waals surface area (Å²) in [5.74, 6) is 0. The zero-order valence-electron chi connectivity index (χ0n) is 28.0. The minimum absolute atomic E-state index is 1.11. The van der Waals surface area contributed by atoms with Gasteiger partial charge in [0.15, 0.2) is 0 Å². The fourth-order valence-electron chi connectivity index (χ4n) is 7.14. The Hall–Kier alpha value is -6.84. The van der Waals surface area contributed by atoms with Crippen LogP contribution in [0.3, 0.4) is 0 Å². The molecule has 1 N–H and O–H groups in total. The molecule has 0 saturated carbocycles. The number of nitrogens with one attached hydrogen (secondary N) is 1. The van der Waals surface area contributed by atoms with Gasteiger partial charge in [0.2, 0.25) is 0 Å². The van der Waals surface area contributed by atoms with Crippen LogP contribution in [0.25, 0.3) is 44.1 Å². The van der Waals surface area contributed by atoms with Crippen molar-refractivity contribution in [1.82, 2.24) is 4.98 Å². The monoisotopic (exact) mass is 653 g/mol. The van der Waals surface area contributed by atoms with Crippen molar-refractivity contribution in [1.29, 1.82) is 0 Å². The van der Waals surface area contributed by atoms with Gasteiger partial charge in [-0.1, -0.05) is 115 Å². The number of anilines is 6. The van der Waals surface area contributed by atoms with E-state index in [-0.39, 0.29) is 0 Å². The molecule has 242 valence electrons. The number of hydrogen-bond acceptors (Lipinski definition) is 2. The van der Waals surface area contributed by atoms with Crippen molar-refractivity contribution < 1.29 is 0 Å². The van der Waals surface area contributed by atoms with E-state index in [1.165, 1.54) is 27.5 Å². The SMILES string of the molecule is c1ccc(N(c2ccccc2)c2ccc(-c3cc(-c4ccc(N(c5ccccc5)c5ccccc5)cc4)c4[nH]c5ccccc5c4c3)cc2)cc1. The highest BCUT2D eigenvalue weighted by Gasteiger charge is 2.17. The van der Waals surface area contributed by atoms with Crippen molar-refractivity contribution >= 4 is 55.9 Å². The Morgan fingerprint density at radius 2 is 0.686 bits per heavy atom. The molecule has 0 amide bonds. The number of aromatic nitrogens is 1. The number of hydrogen-bond donors (Lipinski definition) is 1. The predicted octanol–water partition coefficient (Wildman–Crippen LogP) is 13.6. The lowest BCUT2D eigenvalue weighted by molar-refractivity contribution is 1.28. The second kappa shape index (κ2) is 13.2. The van der Waals surface area contributed by atoms with Gasteiger partial charge in [-0.2, -0.15) is 0 Å². The molecular formula is C48H35N3. The molecule has 0 unspecified atom stereocenters. The first-order chi connectivity index (χ1) is 25.3. The second-order valence-corrected chi connectivity index (χ2v) is 12.7. The van der Waals surface area contributed by atoms with E-state index in [0.717, 1.165) is 50.7 Å². The normalized spacial score (nSPS) is 11.1. The van der Waals surface area contributed by atoms with Crippen LogP contribution in [0.2, 0.25) is 0 Å². The molecule has 9 aromatic rings. The van der Waals surface area contributed by atoms with E-state index in [0.29, 0.717) is 0 Å². The number of nitrogens with zero attached hydrogens (tertiary/aromatic N) is 2. The van der Waals surface area contributed by atoms with E-state index in [9.17, 15) is 0 Å². The van der Waals surface area contributed by atoms with Crippen molar-refractivity contribution in [3.63, 3.8) is 0 Å². The summed E-state index contributed by atoms with van der Waals surface area (Å²) in [6.07, 6.45) is 0. The van der Waals surface area contributed by atoms with E-state index in [4.69, 9.17) is 0 Å². The molecule has 0 aliphatic heterocycles. The quantitative estimate of drug-likeness (QED) is 0.176. The van der Waals surface area contributed by atoms with Crippen molar-refractivity contribution in [2.45, 2.75) is 0 Å². The van der Waals surface area contributed by atoms with Crippen LogP contribution < -0.4 is 9.80 Å². The van der Waals surface area contributed by atoms with Gasteiger partial charge in [-0.3, -0.25) is 0 Å². The molecule has 0 aliphatic rings. The number of fused-ring (bicyclic) bond motifs is 3. The zero-order valence-corrected chi connectivity index (χ0v) is 28.0. The summed E-state index contributed by atoms with van der Waals surface area (Å²) in [6, 6.07) is 73.3. The second-order valence-electron chi connectivity index (χ2n) is 12.7. The average Bonchev–Trinajstić information content (AvgIpc) is 3.59. The van der Waals surface area contributed by atoms with E-state index < -0.39 is 0 Å². The van der Waals surface area contributed by atoms with Gasteiger partial charge >= 0.3 is 0 Å². The lowest BCUT2D eigenvalue weighted by Gasteiger charge is -2.25. The first-order valence-corrected chi connectivity index (χ1v) is 17.4. The average molecular weight is 654 g/mol. The summed E-state index contributed by atoms with van der Waals surface area (Å²) < 4.78 is 0. The van der Waals surface area contributed by atoms with Crippen LogP contribution >= 0.6 is 0 Å². The van der Waals surface area contributed by atoms with E-state index in [2.05, 4.69) is 221 Å². The molecule has 0 spiro atoms. The fraction of sp³-hybridized carbons (Fsp3) is 0. The lowest BCUT2D eigenvalue weighted by Crippen LogP contribution is -2.09. The maximum Gasteiger partial charge on any atom is 0.0544 e. The highest BCUT2D eigenvalue weighted by atomic mass is 15.1. The van der Waals surface area contributed by atoms with Gasteiger partial charge in [-0.15, -0.1) is 0 Å². The summed E-state index contributed by atoms with van der Waals surface area (Å²) in [4.78, 5) is 8.36. The highest BCUT2D eigenvalue weighted by molar-refractivity contribution is 6.13. The Morgan fingerprint density at radius 1 is 0.294 bits per heavy atom. The third-order valence-electron chi connectivity index (χ3n) is 9.57. The largest absolute Gasteiger partial charge is 0.354 e. The van der Waals surface area contributed by atoms with Gasteiger partial charge in [0.1, 0.15) is 0 Å². The van der Waals surface area contributed by atoms with Gasteiger partial charge in [0.05, 0.1) is 5.52 Å². The first kappa shape index (κ1) is 30.2. The van der Waals surface area contributed by atoms with Crippen LogP contribution in [-0.4, -0.2) is 4.98 Å². The Kier molecular flexibility index (Phi) is 7.84. The van der Waals surface area contributed by atoms with Crippen molar-refractivity contribution in [2.24, 2.45) is 0 Å². The maximum absolute atomic E-state index is 3.76. The van der Waals surface area contributed by atoms with Gasteiger partial charge in [-0.05, 0) is 108 Å². The molecule has 0 saturated heterocycles. The molecular weight excluding hydrogens is 619 g/mol. The summed E-state index contributed by atoms with van der Waals surface area (Å²) in [5, 5.41) is 2.44. The first-order valence-electron chi connectivity index (χ1n) is 17.4. The summed E-state index contributed by atoms with van der Waals surface area (Å²) in [7, 11) is 0. The van der Waals surface area contributed by atoms with Gasteiger partial charge in [0.25, 0.3) is 0 Å². The smallest absolute Gasteiger partial charge is 0.0544 e. The van der Waals surface area contributed by atoms with Crippen LogP contribution in [0, 0.1) is 0 Å². The van der Waals surface area contributed by atoms with Gasteiger partial charge in [0, 0.05) is 56.0 Å². The molecule has 1 heterocycles. The molecule has 0 bridgehead atoms. The minimum atomic E-state index is 1.11. The topological polar surface area (TPSA) is 22.3 Å². The lowest BCUT2D eigenvalue weighted by atomic mass is 9.95. The fourth-order valence-corrected chi connectivity index (χ4v) is 7.14. The number of rotatable bonds is 8. The number of benzene rings is 8. The molecule has 3 heteroatoms. The predicted molar refractivity (Wildman–Crippen MR) is 216 cm³/mol. The third kappa shape index (κ3) is 5.81. The highest BCUT2D eigenvalue weighted by Crippen LogP contribution is 2.41. The van der Waals surface area contributed by atoms with Crippen LogP contribution in [0.1, 0.15) is 0 Å². The van der Waals surface area contributed by atoms with Crippen LogP contribution in [0.4, 0.5) is 34.1 Å². The van der Waals surface area contributed by atoms with Crippen LogP contribution in [0.15, 0.2) is 206 Å². The summed E-state index contributed by atoms with van der Waals surface area (Å²) >= 11 is 0. The third-order valence-corrected chi connectivity index (χ3v) is 9.57. The van der Waals surface area contributed by atoms with Crippen molar-refractivity contribution in [3.8, 4) is 22.3 Å². The molecule has 9 rings (SSSR count). The number of H-pyrrole nitrogens is 1. The molecule has 0 aliphatic carbocycles. The molecule has 0 atom stereocenters. The van der Waals surface area contributed by atoms with Crippen molar-refractivity contribution in [2.75, 3.05) is 9.80 Å². The molecule has 0 radical (unpaired) electrons. The Balaban J connectivity index is 1.14. The Bertz CT molecular complexity index is 2460. The van der Waals surface area contributed by atoms with E-state index in [1.807, 2.05) is 0 Å².